The SMILES string of the molecule is N=C(N)c1cc(Br)ccc1N1CCS(=O)CC1. The Morgan fingerprint density at radius 1 is 1.41 bits per heavy atom. The number of nitrogens with two attached hydrogens (primary N) is 1. The smallest absolute Gasteiger partial charge is 0.124 e. The number of hydrogen-bond donors (Lipinski definition) is 2. The van der Waals surface area contributed by atoms with Gasteiger partial charge in [-0.15, -0.1) is 0 Å². The van der Waals surface area contributed by atoms with Gasteiger partial charge in [0.1, 0.15) is 5.84 Å². The van der Waals surface area contributed by atoms with Crippen molar-refractivity contribution in [1.29, 1.82) is 5.41 Å². The van der Waals surface area contributed by atoms with E-state index in [4.69, 9.17) is 11.1 Å². The van der Waals surface area contributed by atoms with Crippen LogP contribution in [-0.4, -0.2) is 34.6 Å². The maximum absolute atomic E-state index is 11.3. The van der Waals surface area contributed by atoms with Gasteiger partial charge in [0, 0.05) is 51.1 Å². The van der Waals surface area contributed by atoms with Crippen LogP contribution in [0.1, 0.15) is 5.56 Å². The molecule has 0 bridgehead atoms. The van der Waals surface area contributed by atoms with E-state index in [1.807, 2.05) is 18.2 Å². The predicted octanol–water partition coefficient (Wildman–Crippen LogP) is 1.30. The van der Waals surface area contributed by atoms with Crippen LogP contribution in [0.25, 0.3) is 0 Å². The summed E-state index contributed by atoms with van der Waals surface area (Å²) in [5, 5.41) is 7.60. The number of anilines is 1. The van der Waals surface area contributed by atoms with Gasteiger partial charge < -0.3 is 10.6 Å². The molecule has 0 unspecified atom stereocenters. The molecule has 0 aliphatic carbocycles. The predicted molar refractivity (Wildman–Crippen MR) is 75.2 cm³/mol. The highest BCUT2D eigenvalue weighted by molar-refractivity contribution is 9.10. The minimum atomic E-state index is -0.692. The van der Waals surface area contributed by atoms with E-state index in [2.05, 4.69) is 20.8 Å². The fourth-order valence-electron chi connectivity index (χ4n) is 1.88. The normalized spacial score (nSPS) is 17.1. The van der Waals surface area contributed by atoms with E-state index >= 15 is 0 Å². The second kappa shape index (κ2) is 5.18. The quantitative estimate of drug-likeness (QED) is 0.638. The topological polar surface area (TPSA) is 70.2 Å². The molecule has 92 valence electrons. The molecule has 0 saturated carbocycles. The van der Waals surface area contributed by atoms with Crippen LogP contribution in [0, 0.1) is 5.41 Å². The standard InChI is InChI=1S/C11H14BrN3OS/c12-8-1-2-10(9(7-8)11(13)14)15-3-5-17(16)6-4-15/h1-2,7H,3-6H2,(H3,13,14). The Kier molecular flexibility index (Phi) is 3.83. The molecule has 0 radical (unpaired) electrons. The number of rotatable bonds is 2. The number of halogens is 1. The molecule has 1 fully saturated rings. The highest BCUT2D eigenvalue weighted by atomic mass is 79.9. The summed E-state index contributed by atoms with van der Waals surface area (Å²) in [6.07, 6.45) is 0. The third kappa shape index (κ3) is 2.87. The lowest BCUT2D eigenvalue weighted by Gasteiger charge is -2.30. The van der Waals surface area contributed by atoms with Gasteiger partial charge in [-0.25, -0.2) is 0 Å². The summed E-state index contributed by atoms with van der Waals surface area (Å²) < 4.78 is 12.2. The van der Waals surface area contributed by atoms with Gasteiger partial charge in [-0.3, -0.25) is 9.62 Å². The van der Waals surface area contributed by atoms with E-state index in [0.29, 0.717) is 11.5 Å². The zero-order chi connectivity index (χ0) is 12.4. The summed E-state index contributed by atoms with van der Waals surface area (Å²) in [5.74, 6) is 1.44. The first kappa shape index (κ1) is 12.6. The molecule has 0 aromatic heterocycles. The Morgan fingerprint density at radius 3 is 2.65 bits per heavy atom. The van der Waals surface area contributed by atoms with Gasteiger partial charge in [0.25, 0.3) is 0 Å². The molecule has 0 atom stereocenters. The molecule has 2 rings (SSSR count). The van der Waals surface area contributed by atoms with Crippen LogP contribution in [0.3, 0.4) is 0 Å². The van der Waals surface area contributed by atoms with E-state index in [9.17, 15) is 4.21 Å². The lowest BCUT2D eigenvalue weighted by Crippen LogP contribution is -2.38. The molecule has 1 aromatic carbocycles. The van der Waals surface area contributed by atoms with E-state index < -0.39 is 10.8 Å². The Labute approximate surface area is 111 Å². The van der Waals surface area contributed by atoms with Crippen molar-refractivity contribution in [1.82, 2.24) is 0 Å². The fraction of sp³-hybridized carbons (Fsp3) is 0.364. The highest BCUT2D eigenvalue weighted by Gasteiger charge is 2.18. The molecule has 1 aromatic rings. The molecule has 1 aliphatic heterocycles. The van der Waals surface area contributed by atoms with Gasteiger partial charge in [-0.05, 0) is 18.2 Å². The number of nitrogen functional groups attached to an aromatic ring is 1. The summed E-state index contributed by atoms with van der Waals surface area (Å²) in [5.41, 5.74) is 7.28. The molecule has 3 N–H and O–H groups in total. The maximum atomic E-state index is 11.3. The van der Waals surface area contributed by atoms with Crippen molar-refractivity contribution in [2.24, 2.45) is 5.73 Å². The maximum Gasteiger partial charge on any atom is 0.124 e. The van der Waals surface area contributed by atoms with Crippen molar-refractivity contribution in [2.75, 3.05) is 29.5 Å². The monoisotopic (exact) mass is 315 g/mol. The van der Waals surface area contributed by atoms with Crippen LogP contribution in [0.15, 0.2) is 22.7 Å². The molecule has 1 aliphatic rings. The zero-order valence-electron chi connectivity index (χ0n) is 9.28. The lowest BCUT2D eigenvalue weighted by molar-refractivity contribution is 0.673. The van der Waals surface area contributed by atoms with Gasteiger partial charge in [-0.2, -0.15) is 0 Å². The van der Waals surface area contributed by atoms with Crippen molar-refractivity contribution in [3.8, 4) is 0 Å². The van der Waals surface area contributed by atoms with Crippen molar-refractivity contribution in [3.05, 3.63) is 28.2 Å². The van der Waals surface area contributed by atoms with Gasteiger partial charge in [0.15, 0.2) is 0 Å². The summed E-state index contributed by atoms with van der Waals surface area (Å²) >= 11 is 3.38. The molecule has 0 spiro atoms. The summed E-state index contributed by atoms with van der Waals surface area (Å²) in [4.78, 5) is 2.14. The molecule has 1 heterocycles. The fourth-order valence-corrected chi connectivity index (χ4v) is 3.29. The minimum absolute atomic E-state index is 0.0630. The largest absolute Gasteiger partial charge is 0.384 e. The first-order valence-electron chi connectivity index (χ1n) is 5.32. The van der Waals surface area contributed by atoms with Gasteiger partial charge in [0.05, 0.1) is 0 Å². The zero-order valence-corrected chi connectivity index (χ0v) is 11.7. The first-order chi connectivity index (χ1) is 8.08. The average Bonchev–Trinajstić information content (AvgIpc) is 2.30. The van der Waals surface area contributed by atoms with Gasteiger partial charge >= 0.3 is 0 Å². The van der Waals surface area contributed by atoms with Crippen LogP contribution in [0.4, 0.5) is 5.69 Å². The van der Waals surface area contributed by atoms with Crippen LogP contribution < -0.4 is 10.6 Å². The first-order valence-corrected chi connectivity index (χ1v) is 7.60. The number of benzene rings is 1. The number of hydrogen-bond acceptors (Lipinski definition) is 3. The lowest BCUT2D eigenvalue weighted by atomic mass is 10.1. The van der Waals surface area contributed by atoms with E-state index in [1.165, 1.54) is 0 Å². The van der Waals surface area contributed by atoms with Gasteiger partial charge in [-0.1, -0.05) is 15.9 Å². The van der Waals surface area contributed by atoms with Crippen LogP contribution in [-0.2, 0) is 10.8 Å². The van der Waals surface area contributed by atoms with Crippen molar-refractivity contribution >= 4 is 38.3 Å². The van der Waals surface area contributed by atoms with Crippen molar-refractivity contribution in [2.45, 2.75) is 0 Å². The molecule has 4 nitrogen and oxygen atoms in total. The average molecular weight is 316 g/mol. The van der Waals surface area contributed by atoms with Crippen molar-refractivity contribution < 1.29 is 4.21 Å². The number of nitrogens with zero attached hydrogens (tertiary/aromatic N) is 1. The third-order valence-corrected chi connectivity index (χ3v) is 4.54. The summed E-state index contributed by atoms with van der Waals surface area (Å²) in [6.45, 7) is 1.52. The third-order valence-electron chi connectivity index (χ3n) is 2.77. The molecule has 1 saturated heterocycles. The second-order valence-electron chi connectivity index (χ2n) is 3.91. The number of amidine groups is 1. The summed E-state index contributed by atoms with van der Waals surface area (Å²) in [7, 11) is -0.692. The molecule has 17 heavy (non-hydrogen) atoms. The second-order valence-corrected chi connectivity index (χ2v) is 6.52. The van der Waals surface area contributed by atoms with Crippen LogP contribution >= 0.6 is 15.9 Å². The summed E-state index contributed by atoms with van der Waals surface area (Å²) in [6, 6.07) is 5.74. The Morgan fingerprint density at radius 2 is 2.06 bits per heavy atom. The van der Waals surface area contributed by atoms with Crippen LogP contribution in [0.2, 0.25) is 0 Å². The highest BCUT2D eigenvalue weighted by Crippen LogP contribution is 2.25. The van der Waals surface area contributed by atoms with E-state index in [0.717, 1.165) is 28.8 Å². The van der Waals surface area contributed by atoms with Crippen molar-refractivity contribution in [3.63, 3.8) is 0 Å². The molecule has 0 amide bonds. The molecular formula is C11H14BrN3OS. The van der Waals surface area contributed by atoms with E-state index in [1.54, 1.807) is 0 Å². The Balaban J connectivity index is 2.31. The molecule has 6 heteroatoms. The van der Waals surface area contributed by atoms with E-state index in [-0.39, 0.29) is 5.84 Å². The minimum Gasteiger partial charge on any atom is -0.384 e. The van der Waals surface area contributed by atoms with Crippen LogP contribution in [0.5, 0.6) is 0 Å². The number of nitrogens with one attached hydrogen (secondary N) is 1. The Bertz CT molecular complexity index is 468. The molecular weight excluding hydrogens is 302 g/mol. The Hall–Kier alpha value is -0.880. The van der Waals surface area contributed by atoms with Gasteiger partial charge in [0.2, 0.25) is 0 Å².